The van der Waals surface area contributed by atoms with E-state index in [1.807, 2.05) is 7.05 Å². The number of hydrogen-bond donors (Lipinski definition) is 3. The fraction of sp³-hybridized carbons (Fsp3) is 0.857. The smallest absolute Gasteiger partial charge is 0.102 e. The van der Waals surface area contributed by atoms with Gasteiger partial charge in [-0.2, -0.15) is 0 Å². The van der Waals surface area contributed by atoms with Crippen molar-refractivity contribution in [2.45, 2.75) is 51.9 Å². The summed E-state index contributed by atoms with van der Waals surface area (Å²) in [6.45, 7) is 12.4. The van der Waals surface area contributed by atoms with Crippen LogP contribution in [-0.2, 0) is 0 Å². The van der Waals surface area contributed by atoms with Crippen molar-refractivity contribution in [1.82, 2.24) is 15.5 Å². The maximum absolute atomic E-state index is 9.55. The molecule has 0 spiro atoms. The first-order chi connectivity index (χ1) is 8.47. The molecule has 0 radical (unpaired) electrons. The molecule has 0 bridgehead atoms. The van der Waals surface area contributed by atoms with E-state index in [9.17, 15) is 5.11 Å². The van der Waals surface area contributed by atoms with Crippen LogP contribution >= 0.6 is 0 Å². The fourth-order valence-corrected chi connectivity index (χ4v) is 2.77. The van der Waals surface area contributed by atoms with E-state index in [2.05, 4.69) is 36.0 Å². The summed E-state index contributed by atoms with van der Waals surface area (Å²) in [5.41, 5.74) is 1.11. The lowest BCUT2D eigenvalue weighted by Gasteiger charge is -2.36. The molecule has 1 saturated heterocycles. The molecule has 1 aliphatic heterocycles. The van der Waals surface area contributed by atoms with Crippen LogP contribution in [0.1, 0.15) is 33.6 Å². The number of likely N-dealkylation sites (N-methyl/N-ethyl adjacent to an activating group) is 1. The Hall–Kier alpha value is -0.580. The molecular formula is C14H29N3O. The Morgan fingerprint density at radius 2 is 2.11 bits per heavy atom. The van der Waals surface area contributed by atoms with E-state index in [0.29, 0.717) is 12.0 Å². The van der Waals surface area contributed by atoms with Crippen LogP contribution in [0, 0.1) is 5.92 Å². The second-order valence-electron chi connectivity index (χ2n) is 5.60. The molecule has 0 amide bonds. The minimum Gasteiger partial charge on any atom is -0.379 e. The maximum atomic E-state index is 9.55. The van der Waals surface area contributed by atoms with Crippen LogP contribution in [0.15, 0.2) is 12.3 Å². The van der Waals surface area contributed by atoms with Gasteiger partial charge in [0.05, 0.1) is 6.04 Å². The first-order valence-electron chi connectivity index (χ1n) is 7.01. The van der Waals surface area contributed by atoms with Gasteiger partial charge < -0.3 is 15.3 Å². The molecule has 2 unspecified atom stereocenters. The molecule has 0 saturated carbocycles. The van der Waals surface area contributed by atoms with Crippen LogP contribution in [-0.4, -0.2) is 48.5 Å². The van der Waals surface area contributed by atoms with Crippen molar-refractivity contribution in [2.24, 2.45) is 5.92 Å². The van der Waals surface area contributed by atoms with Gasteiger partial charge in [-0.15, -0.1) is 0 Å². The maximum Gasteiger partial charge on any atom is 0.102 e. The highest BCUT2D eigenvalue weighted by molar-refractivity contribution is 5.10. The van der Waals surface area contributed by atoms with E-state index < -0.39 is 6.23 Å². The van der Waals surface area contributed by atoms with E-state index in [1.54, 1.807) is 6.92 Å². The van der Waals surface area contributed by atoms with Crippen molar-refractivity contribution < 1.29 is 5.11 Å². The van der Waals surface area contributed by atoms with E-state index in [0.717, 1.165) is 18.8 Å². The van der Waals surface area contributed by atoms with E-state index in [1.165, 1.54) is 12.8 Å². The van der Waals surface area contributed by atoms with Crippen LogP contribution in [0.4, 0.5) is 0 Å². The van der Waals surface area contributed by atoms with Crippen LogP contribution in [0.3, 0.4) is 0 Å². The molecule has 0 aromatic carbocycles. The summed E-state index contributed by atoms with van der Waals surface area (Å²) in [6, 6.07) is 0.682. The summed E-state index contributed by atoms with van der Waals surface area (Å²) in [5, 5.41) is 16.0. The van der Waals surface area contributed by atoms with Gasteiger partial charge >= 0.3 is 0 Å². The van der Waals surface area contributed by atoms with Crippen molar-refractivity contribution in [3.8, 4) is 0 Å². The quantitative estimate of drug-likeness (QED) is 0.597. The van der Waals surface area contributed by atoms with Gasteiger partial charge in [-0.25, -0.2) is 0 Å². The number of aliphatic hydroxyl groups excluding tert-OH is 1. The molecule has 1 rings (SSSR count). The van der Waals surface area contributed by atoms with Crippen LogP contribution < -0.4 is 10.6 Å². The third kappa shape index (κ3) is 3.97. The standard InChI is InChI=1S/C14H29N3O/c1-10(2)14(16-12(4)18)11(3)17-8-6-7-13(17)9-15-5/h10,12-16,18H,3,6-9H2,1-2,4-5H3/t12?,13-,14?/m0/s1. The Morgan fingerprint density at radius 1 is 1.44 bits per heavy atom. The van der Waals surface area contributed by atoms with Gasteiger partial charge in [-0.05, 0) is 32.7 Å². The molecule has 0 aromatic rings. The molecule has 3 N–H and O–H groups in total. The Kier molecular flexibility index (Phi) is 6.12. The minimum absolute atomic E-state index is 0.141. The molecule has 106 valence electrons. The number of nitrogens with zero attached hydrogens (tertiary/aromatic N) is 1. The predicted molar refractivity (Wildman–Crippen MR) is 76.2 cm³/mol. The van der Waals surface area contributed by atoms with Gasteiger partial charge in [0.1, 0.15) is 6.23 Å². The predicted octanol–water partition coefficient (Wildman–Crippen LogP) is 1.14. The van der Waals surface area contributed by atoms with Crippen molar-refractivity contribution in [1.29, 1.82) is 0 Å². The van der Waals surface area contributed by atoms with Crippen molar-refractivity contribution in [3.05, 3.63) is 12.3 Å². The first kappa shape index (κ1) is 15.5. The normalized spacial score (nSPS) is 23.4. The SMILES string of the molecule is C=C(C(NC(C)O)C(C)C)N1CCC[C@H]1CNC. The van der Waals surface area contributed by atoms with Gasteiger partial charge in [0.15, 0.2) is 0 Å². The zero-order chi connectivity index (χ0) is 13.7. The van der Waals surface area contributed by atoms with Gasteiger partial charge in [-0.3, -0.25) is 5.32 Å². The minimum atomic E-state index is -0.500. The van der Waals surface area contributed by atoms with E-state index >= 15 is 0 Å². The van der Waals surface area contributed by atoms with Crippen molar-refractivity contribution in [3.63, 3.8) is 0 Å². The second kappa shape index (κ2) is 7.12. The topological polar surface area (TPSA) is 47.5 Å². The largest absolute Gasteiger partial charge is 0.379 e. The monoisotopic (exact) mass is 255 g/mol. The van der Waals surface area contributed by atoms with Gasteiger partial charge in [-0.1, -0.05) is 20.4 Å². The molecular weight excluding hydrogens is 226 g/mol. The van der Waals surface area contributed by atoms with Crippen LogP contribution in [0.5, 0.6) is 0 Å². The molecule has 0 aliphatic carbocycles. The van der Waals surface area contributed by atoms with E-state index in [-0.39, 0.29) is 6.04 Å². The second-order valence-corrected chi connectivity index (χ2v) is 5.60. The molecule has 3 atom stereocenters. The van der Waals surface area contributed by atoms with Crippen molar-refractivity contribution in [2.75, 3.05) is 20.1 Å². The Balaban J connectivity index is 2.69. The number of aliphatic hydroxyl groups is 1. The highest BCUT2D eigenvalue weighted by Crippen LogP contribution is 2.25. The molecule has 1 heterocycles. The summed E-state index contributed by atoms with van der Waals surface area (Å²) >= 11 is 0. The number of nitrogens with one attached hydrogen (secondary N) is 2. The van der Waals surface area contributed by atoms with E-state index in [4.69, 9.17) is 0 Å². The number of likely N-dealkylation sites (tertiary alicyclic amines) is 1. The zero-order valence-corrected chi connectivity index (χ0v) is 12.2. The Morgan fingerprint density at radius 3 is 2.61 bits per heavy atom. The highest BCUT2D eigenvalue weighted by Gasteiger charge is 2.30. The molecule has 1 fully saturated rings. The van der Waals surface area contributed by atoms with Gasteiger partial charge in [0, 0.05) is 24.8 Å². The summed E-state index contributed by atoms with van der Waals surface area (Å²) in [4.78, 5) is 2.40. The van der Waals surface area contributed by atoms with Crippen molar-refractivity contribution >= 4 is 0 Å². The summed E-state index contributed by atoms with van der Waals surface area (Å²) in [5.74, 6) is 0.419. The molecule has 0 aromatic heterocycles. The first-order valence-corrected chi connectivity index (χ1v) is 7.01. The lowest BCUT2D eigenvalue weighted by Crippen LogP contribution is -2.48. The van der Waals surface area contributed by atoms with Gasteiger partial charge in [0.2, 0.25) is 0 Å². The highest BCUT2D eigenvalue weighted by atomic mass is 16.3. The third-order valence-corrected chi connectivity index (χ3v) is 3.63. The Bertz CT molecular complexity index is 266. The lowest BCUT2D eigenvalue weighted by atomic mass is 10.00. The summed E-state index contributed by atoms with van der Waals surface area (Å²) in [6.07, 6.45) is 1.95. The lowest BCUT2D eigenvalue weighted by molar-refractivity contribution is 0.126. The fourth-order valence-electron chi connectivity index (χ4n) is 2.77. The van der Waals surface area contributed by atoms with Crippen LogP contribution in [0.25, 0.3) is 0 Å². The number of rotatable bonds is 7. The molecule has 4 heteroatoms. The third-order valence-electron chi connectivity index (χ3n) is 3.63. The van der Waals surface area contributed by atoms with Gasteiger partial charge in [0.25, 0.3) is 0 Å². The Labute approximate surface area is 111 Å². The average Bonchev–Trinajstić information content (AvgIpc) is 2.73. The average molecular weight is 255 g/mol. The zero-order valence-electron chi connectivity index (χ0n) is 12.2. The number of hydrogen-bond acceptors (Lipinski definition) is 4. The summed E-state index contributed by atoms with van der Waals surface area (Å²) in [7, 11) is 1.99. The molecule has 1 aliphatic rings. The molecule has 4 nitrogen and oxygen atoms in total. The van der Waals surface area contributed by atoms with Crippen LogP contribution in [0.2, 0.25) is 0 Å². The molecule has 18 heavy (non-hydrogen) atoms. The summed E-state index contributed by atoms with van der Waals surface area (Å²) < 4.78 is 0.